The second kappa shape index (κ2) is 11.5. The molecule has 2 N–H and O–H groups in total. The van der Waals surface area contributed by atoms with E-state index in [1.165, 1.54) is 0 Å². The minimum Gasteiger partial charge on any atom is -0.444 e. The van der Waals surface area contributed by atoms with Gasteiger partial charge >= 0.3 is 6.09 Å². The summed E-state index contributed by atoms with van der Waals surface area (Å²) in [7, 11) is -1.23. The smallest absolute Gasteiger partial charge is 0.407 e. The zero-order valence-corrected chi connectivity index (χ0v) is 20.2. The summed E-state index contributed by atoms with van der Waals surface area (Å²) in [4.78, 5) is 14.6. The first kappa shape index (κ1) is 26.5. The number of nitrogens with one attached hydrogen (secondary N) is 2. The van der Waals surface area contributed by atoms with Crippen molar-refractivity contribution in [3.05, 3.63) is 0 Å². The van der Waals surface area contributed by atoms with Crippen LogP contribution in [0.5, 0.6) is 0 Å². The number of rotatable bonds is 6. The van der Waals surface area contributed by atoms with E-state index in [2.05, 4.69) is 48.8 Å². The molecule has 1 fully saturated rings. The van der Waals surface area contributed by atoms with Crippen LogP contribution < -0.4 is 10.6 Å². The minimum absolute atomic E-state index is 0.0814. The Labute approximate surface area is 169 Å². The van der Waals surface area contributed by atoms with E-state index < -0.39 is 15.9 Å². The fraction of sp³-hybridized carbons (Fsp3) is 0.950. The second-order valence-electron chi connectivity index (χ2n) is 9.02. The largest absolute Gasteiger partial charge is 0.444 e. The Hall–Kier alpha value is -0.500. The van der Waals surface area contributed by atoms with Gasteiger partial charge in [-0.3, -0.25) is 4.90 Å². The molecule has 1 unspecified atom stereocenters. The molecule has 1 atom stereocenters. The lowest BCUT2D eigenvalue weighted by Crippen LogP contribution is -2.52. The van der Waals surface area contributed by atoms with Crippen LogP contribution in [-0.4, -0.2) is 79.2 Å². The molecule has 7 heteroatoms. The van der Waals surface area contributed by atoms with Gasteiger partial charge in [-0.25, -0.2) is 4.79 Å². The van der Waals surface area contributed by atoms with Crippen molar-refractivity contribution in [3.63, 3.8) is 0 Å². The van der Waals surface area contributed by atoms with Gasteiger partial charge in [-0.1, -0.05) is 34.6 Å². The summed E-state index contributed by atoms with van der Waals surface area (Å²) in [6.45, 7) is 21.5. The van der Waals surface area contributed by atoms with E-state index >= 15 is 0 Å². The SMILES string of the molecule is CC.CC(C)(C)OC(=O)NC(COS(C)(C)C(C)(C)C)CN1CCNCC1. The number of nitrogens with zero attached hydrogens (tertiary/aromatic N) is 1. The highest BCUT2D eigenvalue weighted by Crippen LogP contribution is 2.53. The third kappa shape index (κ3) is 11.2. The van der Waals surface area contributed by atoms with Crippen molar-refractivity contribution in [1.29, 1.82) is 0 Å². The van der Waals surface area contributed by atoms with E-state index in [0.29, 0.717) is 6.61 Å². The monoisotopic (exact) mass is 407 g/mol. The summed E-state index contributed by atoms with van der Waals surface area (Å²) >= 11 is 0. The van der Waals surface area contributed by atoms with Crippen LogP contribution in [0.3, 0.4) is 0 Å². The van der Waals surface area contributed by atoms with Crippen molar-refractivity contribution < 1.29 is 13.7 Å². The topological polar surface area (TPSA) is 62.8 Å². The molecule has 0 aromatic rings. The van der Waals surface area contributed by atoms with E-state index in [-0.39, 0.29) is 16.9 Å². The van der Waals surface area contributed by atoms with Crippen molar-refractivity contribution in [1.82, 2.24) is 15.5 Å². The first-order valence-corrected chi connectivity index (χ1v) is 12.5. The zero-order chi connectivity index (χ0) is 21.3. The highest BCUT2D eigenvalue weighted by Gasteiger charge is 2.31. The van der Waals surface area contributed by atoms with E-state index in [4.69, 9.17) is 8.92 Å². The molecular weight excluding hydrogens is 362 g/mol. The molecule has 0 aliphatic carbocycles. The Kier molecular flexibility index (Phi) is 11.3. The summed E-state index contributed by atoms with van der Waals surface area (Å²) < 4.78 is 11.8. The fourth-order valence-electron chi connectivity index (χ4n) is 2.25. The normalized spacial score (nSPS) is 18.1. The lowest BCUT2D eigenvalue weighted by atomic mass is 10.2. The lowest BCUT2D eigenvalue weighted by molar-refractivity contribution is 0.0470. The van der Waals surface area contributed by atoms with E-state index in [1.54, 1.807) is 0 Å². The van der Waals surface area contributed by atoms with E-state index in [0.717, 1.165) is 32.7 Å². The number of amides is 1. The average Bonchev–Trinajstić information content (AvgIpc) is 2.53. The van der Waals surface area contributed by atoms with Crippen molar-refractivity contribution in [2.24, 2.45) is 0 Å². The molecule has 0 spiro atoms. The van der Waals surface area contributed by atoms with Gasteiger partial charge in [0.05, 0.1) is 12.6 Å². The maximum atomic E-state index is 12.2. The number of carbonyl (C=O) groups excluding carboxylic acids is 1. The van der Waals surface area contributed by atoms with Gasteiger partial charge in [0.1, 0.15) is 5.60 Å². The maximum absolute atomic E-state index is 12.2. The Morgan fingerprint density at radius 3 is 2.07 bits per heavy atom. The highest BCUT2D eigenvalue weighted by molar-refractivity contribution is 8.29. The van der Waals surface area contributed by atoms with Crippen LogP contribution >= 0.6 is 10.3 Å². The van der Waals surface area contributed by atoms with E-state index in [1.807, 2.05) is 34.6 Å². The fourth-order valence-corrected chi connectivity index (χ4v) is 3.11. The molecule has 1 heterocycles. The van der Waals surface area contributed by atoms with Crippen LogP contribution in [0.2, 0.25) is 0 Å². The molecule has 27 heavy (non-hydrogen) atoms. The predicted octanol–water partition coefficient (Wildman–Crippen LogP) is 3.61. The number of hydrogen-bond donors (Lipinski definition) is 2. The van der Waals surface area contributed by atoms with E-state index in [9.17, 15) is 4.79 Å². The zero-order valence-electron chi connectivity index (χ0n) is 19.4. The third-order valence-electron chi connectivity index (χ3n) is 4.45. The summed E-state index contributed by atoms with van der Waals surface area (Å²) in [5.41, 5.74) is -0.500. The predicted molar refractivity (Wildman–Crippen MR) is 119 cm³/mol. The van der Waals surface area contributed by atoms with Gasteiger partial charge in [-0.2, -0.15) is 0 Å². The quantitative estimate of drug-likeness (QED) is 0.704. The van der Waals surface area contributed by atoms with Gasteiger partial charge in [0, 0.05) is 37.5 Å². The highest BCUT2D eigenvalue weighted by atomic mass is 32.3. The standard InChI is InChI=1S/C18H39N3O3S.C2H6/c1-17(2,3)24-16(22)20-15(13-21-11-9-19-10-12-21)14-23-25(7,8)18(4,5)6;1-2/h15,19H,9-14H2,1-8H3,(H,20,22);1-2H3. The molecule has 0 saturated carbocycles. The molecule has 1 aliphatic rings. The number of carbonyl (C=O) groups is 1. The molecule has 1 aliphatic heterocycles. The maximum Gasteiger partial charge on any atom is 0.407 e. The molecule has 1 saturated heterocycles. The van der Waals surface area contributed by atoms with Crippen molar-refractivity contribution >= 4 is 16.4 Å². The van der Waals surface area contributed by atoms with Gasteiger partial charge in [-0.15, -0.1) is 10.3 Å². The Morgan fingerprint density at radius 2 is 1.63 bits per heavy atom. The molecule has 0 radical (unpaired) electrons. The second-order valence-corrected chi connectivity index (χ2v) is 13.0. The number of hydrogen-bond acceptors (Lipinski definition) is 5. The Morgan fingerprint density at radius 1 is 1.11 bits per heavy atom. The Balaban J connectivity index is 0.00000326. The summed E-state index contributed by atoms with van der Waals surface area (Å²) in [6, 6.07) is -0.0814. The molecule has 0 bridgehead atoms. The van der Waals surface area contributed by atoms with Crippen molar-refractivity contribution in [3.8, 4) is 0 Å². The molecule has 1 amide bonds. The summed E-state index contributed by atoms with van der Waals surface area (Å²) in [6.07, 6.45) is 3.99. The van der Waals surface area contributed by atoms with Gasteiger partial charge in [0.15, 0.2) is 0 Å². The van der Waals surface area contributed by atoms with Crippen LogP contribution in [0.25, 0.3) is 0 Å². The molecule has 6 nitrogen and oxygen atoms in total. The molecule has 1 rings (SSSR count). The first-order chi connectivity index (χ1) is 12.3. The summed E-state index contributed by atoms with van der Waals surface area (Å²) in [5.74, 6) is 0. The van der Waals surface area contributed by atoms with Crippen LogP contribution in [0, 0.1) is 0 Å². The van der Waals surface area contributed by atoms with Gasteiger partial charge in [0.25, 0.3) is 0 Å². The minimum atomic E-state index is -1.23. The third-order valence-corrected chi connectivity index (χ3v) is 8.12. The van der Waals surface area contributed by atoms with Crippen LogP contribution in [-0.2, 0) is 8.92 Å². The van der Waals surface area contributed by atoms with Crippen LogP contribution in [0.1, 0.15) is 55.4 Å². The summed E-state index contributed by atoms with van der Waals surface area (Å²) in [5, 5.41) is 6.37. The molecule has 164 valence electrons. The van der Waals surface area contributed by atoms with Crippen LogP contribution in [0.15, 0.2) is 0 Å². The van der Waals surface area contributed by atoms with Gasteiger partial charge in [0.2, 0.25) is 0 Å². The molecule has 0 aromatic carbocycles. The number of piperazine rings is 1. The molecule has 0 aromatic heterocycles. The average molecular weight is 408 g/mol. The van der Waals surface area contributed by atoms with Crippen molar-refractivity contribution in [2.45, 2.75) is 71.8 Å². The first-order valence-electron chi connectivity index (χ1n) is 10.1. The molecular formula is C20H45N3O3S. The van der Waals surface area contributed by atoms with Crippen LogP contribution in [0.4, 0.5) is 4.79 Å². The lowest BCUT2D eigenvalue weighted by Gasteiger charge is -2.44. The van der Waals surface area contributed by atoms with Gasteiger partial charge < -0.3 is 19.6 Å². The van der Waals surface area contributed by atoms with Crippen molar-refractivity contribution in [2.75, 3.05) is 51.8 Å². The Bertz CT molecular complexity index is 425. The number of ether oxygens (including phenoxy) is 1. The van der Waals surface area contributed by atoms with Gasteiger partial charge in [-0.05, 0) is 33.3 Å². The number of alkyl carbamates (subject to hydrolysis) is 1.